The Labute approximate surface area is 89.4 Å². The molecule has 0 rings (SSSR count). The van der Waals surface area contributed by atoms with Gasteiger partial charge in [0.1, 0.15) is 0 Å². The van der Waals surface area contributed by atoms with Gasteiger partial charge in [0.15, 0.2) is 0 Å². The van der Waals surface area contributed by atoms with E-state index in [1.807, 2.05) is 0 Å². The van der Waals surface area contributed by atoms with E-state index in [0.29, 0.717) is 6.42 Å². The summed E-state index contributed by atoms with van der Waals surface area (Å²) in [5, 5.41) is 8.26. The maximum absolute atomic E-state index is 10.6. The number of hydrogen-bond donors (Lipinski definition) is 1. The Balaban J connectivity index is 0. The number of rotatable bonds is 5. The second kappa shape index (κ2) is 7.52. The van der Waals surface area contributed by atoms with Crippen molar-refractivity contribution in [3.63, 3.8) is 0 Å². The zero-order valence-corrected chi connectivity index (χ0v) is 6.73. The molecule has 0 aromatic carbocycles. The van der Waals surface area contributed by atoms with Crippen molar-refractivity contribution in [1.29, 1.82) is 0 Å². The Kier molecular flexibility index (Phi) is 9.84. The second-order valence-corrected chi connectivity index (χ2v) is 3.67. The quantitative estimate of drug-likeness (QED) is 0.348. The van der Waals surface area contributed by atoms with Gasteiger partial charge in [-0.1, -0.05) is 0 Å². The van der Waals surface area contributed by atoms with E-state index < -0.39 is 10.1 Å². The molecule has 0 spiro atoms. The minimum absolute atomic E-state index is 0. The summed E-state index contributed by atoms with van der Waals surface area (Å²) in [5.41, 5.74) is 0. The molecule has 0 unspecified atom stereocenters. The first-order chi connectivity index (χ1) is 4.62. The first kappa shape index (κ1) is 14.4. The Morgan fingerprint density at radius 3 is 2.36 bits per heavy atom. The average Bonchev–Trinajstić information content (AvgIpc) is 1.89. The van der Waals surface area contributed by atoms with Crippen molar-refractivity contribution < 1.29 is 17.7 Å². The predicted molar refractivity (Wildman–Crippen MR) is 44.3 cm³/mol. The van der Waals surface area contributed by atoms with Crippen molar-refractivity contribution in [2.24, 2.45) is 0 Å². The molecule has 0 aliphatic rings. The topological polar surface area (TPSA) is 63.6 Å². The standard InChI is InChI=1S/C5H12O4S.Na.H/c1-2-10(7,8)9-5-3-4-6;;/h6H,2-5H2,1H3;;. The Bertz CT molecular complexity index is 165. The Morgan fingerprint density at radius 1 is 1.45 bits per heavy atom. The summed E-state index contributed by atoms with van der Waals surface area (Å²) in [6.45, 7) is 1.54. The van der Waals surface area contributed by atoms with Crippen LogP contribution in [0.25, 0.3) is 0 Å². The number of aliphatic hydroxyl groups excluding tert-OH is 1. The van der Waals surface area contributed by atoms with Crippen molar-refractivity contribution >= 4 is 39.7 Å². The Morgan fingerprint density at radius 2 is 2.00 bits per heavy atom. The summed E-state index contributed by atoms with van der Waals surface area (Å²) in [5.74, 6) is -0.0154. The molecule has 0 heterocycles. The van der Waals surface area contributed by atoms with Crippen LogP contribution in [0.5, 0.6) is 0 Å². The molecule has 0 aromatic rings. The molecular weight excluding hydrogens is 179 g/mol. The third kappa shape index (κ3) is 8.78. The van der Waals surface area contributed by atoms with E-state index in [1.54, 1.807) is 0 Å². The zero-order chi connectivity index (χ0) is 8.04. The van der Waals surface area contributed by atoms with E-state index in [2.05, 4.69) is 4.18 Å². The van der Waals surface area contributed by atoms with Crippen LogP contribution in [-0.4, -0.2) is 62.0 Å². The van der Waals surface area contributed by atoms with Gasteiger partial charge in [0.2, 0.25) is 0 Å². The van der Waals surface area contributed by atoms with Crippen LogP contribution in [0, 0.1) is 0 Å². The van der Waals surface area contributed by atoms with Crippen molar-refractivity contribution in [2.75, 3.05) is 19.0 Å². The van der Waals surface area contributed by atoms with Gasteiger partial charge in [-0.15, -0.1) is 0 Å². The van der Waals surface area contributed by atoms with E-state index >= 15 is 0 Å². The first-order valence-corrected chi connectivity index (χ1v) is 4.68. The second-order valence-electron chi connectivity index (χ2n) is 1.75. The molecule has 0 saturated carbocycles. The van der Waals surface area contributed by atoms with E-state index in [1.165, 1.54) is 6.92 Å². The number of hydrogen-bond acceptors (Lipinski definition) is 4. The predicted octanol–water partition coefficient (Wildman–Crippen LogP) is -0.913. The molecule has 0 amide bonds. The summed E-state index contributed by atoms with van der Waals surface area (Å²) in [7, 11) is -3.30. The summed E-state index contributed by atoms with van der Waals surface area (Å²) in [6, 6.07) is 0. The van der Waals surface area contributed by atoms with Gasteiger partial charge >= 0.3 is 29.6 Å². The molecule has 0 atom stereocenters. The van der Waals surface area contributed by atoms with Crippen molar-refractivity contribution in [1.82, 2.24) is 0 Å². The summed E-state index contributed by atoms with van der Waals surface area (Å²) in [4.78, 5) is 0. The van der Waals surface area contributed by atoms with Gasteiger partial charge in [-0.3, -0.25) is 4.18 Å². The van der Waals surface area contributed by atoms with Crippen LogP contribution in [0.2, 0.25) is 0 Å². The fourth-order valence-electron chi connectivity index (χ4n) is 0.334. The van der Waals surface area contributed by atoms with Crippen LogP contribution in [0.15, 0.2) is 0 Å². The third-order valence-electron chi connectivity index (χ3n) is 0.919. The van der Waals surface area contributed by atoms with Crippen molar-refractivity contribution in [3.05, 3.63) is 0 Å². The van der Waals surface area contributed by atoms with E-state index in [9.17, 15) is 8.42 Å². The normalized spacial score (nSPS) is 10.7. The minimum atomic E-state index is -3.30. The van der Waals surface area contributed by atoms with Crippen LogP contribution >= 0.6 is 0 Å². The van der Waals surface area contributed by atoms with E-state index in [0.717, 1.165) is 0 Å². The summed E-state index contributed by atoms with van der Waals surface area (Å²) < 4.78 is 25.6. The molecule has 0 saturated heterocycles. The molecule has 4 nitrogen and oxygen atoms in total. The molecular formula is C5H13NaO4S. The first-order valence-electron chi connectivity index (χ1n) is 3.10. The van der Waals surface area contributed by atoms with Crippen molar-refractivity contribution in [3.8, 4) is 0 Å². The Hall–Kier alpha value is 0.870. The molecule has 6 heteroatoms. The average molecular weight is 192 g/mol. The molecule has 0 fully saturated rings. The molecule has 0 bridgehead atoms. The SMILES string of the molecule is CCS(=O)(=O)OCCCO.[NaH]. The fraction of sp³-hybridized carbons (Fsp3) is 1.00. The van der Waals surface area contributed by atoms with Gasteiger partial charge in [-0.2, -0.15) is 8.42 Å². The maximum atomic E-state index is 10.6. The molecule has 0 aliphatic heterocycles. The van der Waals surface area contributed by atoms with Crippen LogP contribution in [0.4, 0.5) is 0 Å². The molecule has 64 valence electrons. The third-order valence-corrected chi connectivity index (χ3v) is 2.15. The van der Waals surface area contributed by atoms with Gasteiger partial charge < -0.3 is 5.11 Å². The van der Waals surface area contributed by atoms with E-state index in [-0.39, 0.29) is 48.5 Å². The zero-order valence-electron chi connectivity index (χ0n) is 5.91. The van der Waals surface area contributed by atoms with Crippen LogP contribution in [-0.2, 0) is 14.3 Å². The summed E-state index contributed by atoms with van der Waals surface area (Å²) in [6.07, 6.45) is 0.360. The van der Waals surface area contributed by atoms with Crippen LogP contribution in [0.3, 0.4) is 0 Å². The van der Waals surface area contributed by atoms with Gasteiger partial charge in [0.05, 0.1) is 12.4 Å². The monoisotopic (exact) mass is 192 g/mol. The molecule has 0 radical (unpaired) electrons. The fourth-order valence-corrected chi connectivity index (χ4v) is 0.872. The van der Waals surface area contributed by atoms with Crippen LogP contribution < -0.4 is 0 Å². The number of aliphatic hydroxyl groups is 1. The van der Waals surface area contributed by atoms with Gasteiger partial charge in [0, 0.05) is 6.61 Å². The van der Waals surface area contributed by atoms with Crippen LogP contribution in [0.1, 0.15) is 13.3 Å². The van der Waals surface area contributed by atoms with Gasteiger partial charge in [-0.05, 0) is 13.3 Å². The molecule has 0 aliphatic carbocycles. The van der Waals surface area contributed by atoms with Gasteiger partial charge in [0.25, 0.3) is 10.1 Å². The van der Waals surface area contributed by atoms with E-state index in [4.69, 9.17) is 5.11 Å². The van der Waals surface area contributed by atoms with Gasteiger partial charge in [-0.25, -0.2) is 0 Å². The van der Waals surface area contributed by atoms with Crippen molar-refractivity contribution in [2.45, 2.75) is 13.3 Å². The summed E-state index contributed by atoms with van der Waals surface area (Å²) >= 11 is 0. The molecule has 1 N–H and O–H groups in total. The molecule has 11 heavy (non-hydrogen) atoms. The molecule has 0 aromatic heterocycles.